The van der Waals surface area contributed by atoms with Gasteiger partial charge in [0.25, 0.3) is 0 Å². The summed E-state index contributed by atoms with van der Waals surface area (Å²) in [5.74, 6) is 1.64. The van der Waals surface area contributed by atoms with Gasteiger partial charge in [-0.3, -0.25) is 0 Å². The molecule has 2 rings (SSSR count). The molecule has 0 fully saturated rings. The van der Waals surface area contributed by atoms with Crippen molar-refractivity contribution in [1.82, 2.24) is 5.32 Å². The van der Waals surface area contributed by atoms with Gasteiger partial charge in [-0.1, -0.05) is 13.0 Å². The lowest BCUT2D eigenvalue weighted by Crippen LogP contribution is -2.44. The van der Waals surface area contributed by atoms with Crippen molar-refractivity contribution >= 4 is 0 Å². The van der Waals surface area contributed by atoms with Gasteiger partial charge in [-0.2, -0.15) is 0 Å². The highest BCUT2D eigenvalue weighted by atomic mass is 16.5. The van der Waals surface area contributed by atoms with Crippen molar-refractivity contribution in [3.05, 3.63) is 23.8 Å². The van der Waals surface area contributed by atoms with Crippen LogP contribution in [0, 0.1) is 0 Å². The minimum absolute atomic E-state index is 0.133. The second-order valence-electron chi connectivity index (χ2n) is 5.26. The maximum absolute atomic E-state index is 9.39. The van der Waals surface area contributed by atoms with Crippen LogP contribution >= 0.6 is 0 Å². The fourth-order valence-electron chi connectivity index (χ4n) is 1.93. The first-order valence-corrected chi connectivity index (χ1v) is 6.91. The van der Waals surface area contributed by atoms with Gasteiger partial charge in [0, 0.05) is 18.5 Å². The van der Waals surface area contributed by atoms with Gasteiger partial charge >= 0.3 is 0 Å². The minimum atomic E-state index is -0.232. The highest BCUT2D eigenvalue weighted by molar-refractivity contribution is 5.43. The molecule has 4 heteroatoms. The number of fused-ring (bicyclic) bond motifs is 1. The normalized spacial score (nSPS) is 17.6. The Bertz CT molecular complexity index is 416. The average molecular weight is 265 g/mol. The van der Waals surface area contributed by atoms with E-state index in [9.17, 15) is 5.11 Å². The van der Waals surface area contributed by atoms with Crippen LogP contribution in [0.3, 0.4) is 0 Å². The van der Waals surface area contributed by atoms with Crippen LogP contribution in [0.15, 0.2) is 18.2 Å². The molecule has 0 saturated carbocycles. The molecule has 2 N–H and O–H groups in total. The Morgan fingerprint density at radius 2 is 2.00 bits per heavy atom. The van der Waals surface area contributed by atoms with E-state index in [0.29, 0.717) is 19.8 Å². The van der Waals surface area contributed by atoms with Gasteiger partial charge in [0.2, 0.25) is 0 Å². The van der Waals surface area contributed by atoms with E-state index in [0.717, 1.165) is 29.9 Å². The first-order valence-electron chi connectivity index (χ1n) is 6.91. The molecule has 0 amide bonds. The third-order valence-electron chi connectivity index (χ3n) is 3.66. The van der Waals surface area contributed by atoms with Gasteiger partial charge < -0.3 is 19.9 Å². The van der Waals surface area contributed by atoms with Crippen LogP contribution in [0.1, 0.15) is 32.3 Å². The van der Waals surface area contributed by atoms with Gasteiger partial charge in [0.05, 0.1) is 19.8 Å². The van der Waals surface area contributed by atoms with E-state index < -0.39 is 0 Å². The van der Waals surface area contributed by atoms with Crippen molar-refractivity contribution in [3.63, 3.8) is 0 Å². The largest absolute Gasteiger partial charge is 0.490 e. The minimum Gasteiger partial charge on any atom is -0.490 e. The van der Waals surface area contributed by atoms with Gasteiger partial charge in [-0.05, 0) is 31.0 Å². The lowest BCUT2D eigenvalue weighted by Gasteiger charge is -2.27. The Labute approximate surface area is 114 Å². The number of rotatable bonds is 5. The molecule has 0 saturated heterocycles. The van der Waals surface area contributed by atoms with Gasteiger partial charge in [-0.25, -0.2) is 0 Å². The molecule has 0 bridgehead atoms. The van der Waals surface area contributed by atoms with Crippen molar-refractivity contribution in [2.75, 3.05) is 19.8 Å². The molecule has 106 valence electrons. The maximum atomic E-state index is 9.39. The zero-order valence-corrected chi connectivity index (χ0v) is 11.7. The summed E-state index contributed by atoms with van der Waals surface area (Å²) in [6.45, 7) is 6.35. The van der Waals surface area contributed by atoms with Gasteiger partial charge in [-0.15, -0.1) is 0 Å². The van der Waals surface area contributed by atoms with Crippen molar-refractivity contribution < 1.29 is 14.6 Å². The van der Waals surface area contributed by atoms with Crippen LogP contribution < -0.4 is 14.8 Å². The average Bonchev–Trinajstić information content (AvgIpc) is 2.69. The zero-order valence-electron chi connectivity index (χ0n) is 11.7. The number of aliphatic hydroxyl groups is 1. The van der Waals surface area contributed by atoms with Gasteiger partial charge in [0.1, 0.15) is 0 Å². The topological polar surface area (TPSA) is 50.7 Å². The maximum Gasteiger partial charge on any atom is 0.161 e. The van der Waals surface area contributed by atoms with Crippen LogP contribution in [0.5, 0.6) is 11.5 Å². The molecule has 4 nitrogen and oxygen atoms in total. The molecule has 0 aliphatic carbocycles. The van der Waals surface area contributed by atoms with E-state index in [1.807, 2.05) is 25.1 Å². The Morgan fingerprint density at radius 3 is 2.68 bits per heavy atom. The molecule has 19 heavy (non-hydrogen) atoms. The number of hydrogen-bond acceptors (Lipinski definition) is 4. The quantitative estimate of drug-likeness (QED) is 0.856. The highest BCUT2D eigenvalue weighted by Gasteiger charge is 2.20. The monoisotopic (exact) mass is 265 g/mol. The predicted octanol–water partition coefficient (Wildman–Crippen LogP) is 2.10. The molecule has 1 atom stereocenters. The SMILES string of the molecule is CCC(C)(CO)NCc1ccc2c(c1)OCCCO2. The standard InChI is InChI=1S/C15H23NO3/c1-3-15(2,11-17)16-10-12-5-6-13-14(9-12)19-8-4-7-18-13/h5-6,9,16-17H,3-4,7-8,10-11H2,1-2H3. The van der Waals surface area contributed by atoms with E-state index in [4.69, 9.17) is 9.47 Å². The summed E-state index contributed by atoms with van der Waals surface area (Å²) in [5.41, 5.74) is 0.904. The molecule has 0 spiro atoms. The number of aliphatic hydroxyl groups excluding tert-OH is 1. The molecular formula is C15H23NO3. The van der Waals surface area contributed by atoms with E-state index in [1.54, 1.807) is 0 Å². The lowest BCUT2D eigenvalue weighted by atomic mass is 10.00. The summed E-state index contributed by atoms with van der Waals surface area (Å²) in [6.07, 6.45) is 1.80. The fourth-order valence-corrected chi connectivity index (χ4v) is 1.93. The molecule has 0 radical (unpaired) electrons. The highest BCUT2D eigenvalue weighted by Crippen LogP contribution is 2.30. The Morgan fingerprint density at radius 1 is 1.26 bits per heavy atom. The van der Waals surface area contributed by atoms with Crippen molar-refractivity contribution in [1.29, 1.82) is 0 Å². The molecule has 1 aromatic carbocycles. The second kappa shape index (κ2) is 6.26. The molecule has 1 aliphatic rings. The zero-order chi connectivity index (χ0) is 13.7. The molecule has 1 aliphatic heterocycles. The van der Waals surface area contributed by atoms with E-state index in [1.165, 1.54) is 0 Å². The van der Waals surface area contributed by atoms with Crippen LogP contribution in [-0.4, -0.2) is 30.5 Å². The summed E-state index contributed by atoms with van der Waals surface area (Å²) in [5, 5.41) is 12.8. The first kappa shape index (κ1) is 14.2. The van der Waals surface area contributed by atoms with E-state index in [-0.39, 0.29) is 12.1 Å². The number of nitrogens with one attached hydrogen (secondary N) is 1. The van der Waals surface area contributed by atoms with E-state index >= 15 is 0 Å². The fraction of sp³-hybridized carbons (Fsp3) is 0.600. The Hall–Kier alpha value is -1.26. The van der Waals surface area contributed by atoms with Gasteiger partial charge in [0.15, 0.2) is 11.5 Å². The predicted molar refractivity (Wildman–Crippen MR) is 74.7 cm³/mol. The third-order valence-corrected chi connectivity index (χ3v) is 3.66. The number of ether oxygens (including phenoxy) is 2. The van der Waals surface area contributed by atoms with Crippen molar-refractivity contribution in [2.45, 2.75) is 38.8 Å². The summed E-state index contributed by atoms with van der Waals surface area (Å²) in [4.78, 5) is 0. The van der Waals surface area contributed by atoms with Crippen LogP contribution in [-0.2, 0) is 6.54 Å². The van der Waals surface area contributed by atoms with Crippen molar-refractivity contribution in [3.8, 4) is 11.5 Å². The lowest BCUT2D eigenvalue weighted by molar-refractivity contribution is 0.169. The molecule has 1 heterocycles. The summed E-state index contributed by atoms with van der Waals surface area (Å²) >= 11 is 0. The Balaban J connectivity index is 2.04. The second-order valence-corrected chi connectivity index (χ2v) is 5.26. The van der Waals surface area contributed by atoms with Crippen LogP contribution in [0.4, 0.5) is 0 Å². The molecule has 1 unspecified atom stereocenters. The number of hydrogen-bond donors (Lipinski definition) is 2. The molecule has 0 aromatic heterocycles. The third kappa shape index (κ3) is 3.61. The van der Waals surface area contributed by atoms with Crippen LogP contribution in [0.25, 0.3) is 0 Å². The van der Waals surface area contributed by atoms with Crippen LogP contribution in [0.2, 0.25) is 0 Å². The summed E-state index contributed by atoms with van der Waals surface area (Å²) < 4.78 is 11.3. The Kier molecular flexibility index (Phi) is 4.66. The molecule has 1 aromatic rings. The number of benzene rings is 1. The summed E-state index contributed by atoms with van der Waals surface area (Å²) in [6, 6.07) is 6.01. The van der Waals surface area contributed by atoms with Crippen molar-refractivity contribution in [2.24, 2.45) is 0 Å². The van der Waals surface area contributed by atoms with E-state index in [2.05, 4.69) is 12.2 Å². The molecular weight excluding hydrogens is 242 g/mol. The summed E-state index contributed by atoms with van der Waals surface area (Å²) in [7, 11) is 0. The smallest absolute Gasteiger partial charge is 0.161 e. The first-order chi connectivity index (χ1) is 9.17.